The molecular formula is C18H21NO6S. The normalized spacial score (nSPS) is 10.3. The number of rotatable bonds is 9. The molecule has 0 fully saturated rings. The van der Waals surface area contributed by atoms with E-state index in [1.807, 2.05) is 12.1 Å². The third kappa shape index (κ3) is 4.89. The summed E-state index contributed by atoms with van der Waals surface area (Å²) in [6.07, 6.45) is 0.795. The summed E-state index contributed by atoms with van der Waals surface area (Å²) in [5.41, 5.74) is 0.888. The second-order valence-corrected chi connectivity index (χ2v) is 6.55. The zero-order valence-corrected chi connectivity index (χ0v) is 15.6. The Morgan fingerprint density at radius 2 is 1.73 bits per heavy atom. The molecule has 140 valence electrons. The minimum atomic E-state index is -0.963. The van der Waals surface area contributed by atoms with Gasteiger partial charge >= 0.3 is 5.97 Å². The van der Waals surface area contributed by atoms with Gasteiger partial charge in [0.1, 0.15) is 4.88 Å². The molecule has 26 heavy (non-hydrogen) atoms. The number of hydrogen-bond acceptors (Lipinski definition) is 6. The highest BCUT2D eigenvalue weighted by molar-refractivity contribution is 7.13. The first-order chi connectivity index (χ1) is 12.5. The van der Waals surface area contributed by atoms with Crippen LogP contribution in [0.1, 0.15) is 26.5 Å². The molecule has 0 aliphatic heterocycles. The van der Waals surface area contributed by atoms with Crippen LogP contribution in [0.5, 0.6) is 17.2 Å². The van der Waals surface area contributed by atoms with Gasteiger partial charge in [0.05, 0.1) is 27.9 Å². The largest absolute Gasteiger partial charge is 0.493 e. The van der Waals surface area contributed by atoms with Crippen molar-refractivity contribution in [1.29, 1.82) is 0 Å². The number of benzene rings is 1. The minimum Gasteiger partial charge on any atom is -0.493 e. The van der Waals surface area contributed by atoms with Gasteiger partial charge in [0.2, 0.25) is 11.7 Å². The molecule has 0 spiro atoms. The van der Waals surface area contributed by atoms with Crippen LogP contribution < -0.4 is 19.5 Å². The molecule has 2 rings (SSSR count). The predicted octanol–water partition coefficient (Wildman–Crippen LogP) is 2.72. The zero-order chi connectivity index (χ0) is 19.1. The first-order valence-corrected chi connectivity index (χ1v) is 8.67. The fourth-order valence-corrected chi connectivity index (χ4v) is 3.19. The summed E-state index contributed by atoms with van der Waals surface area (Å²) in [6.45, 7) is 0.312. The van der Waals surface area contributed by atoms with Gasteiger partial charge in [-0.1, -0.05) is 0 Å². The number of carbonyl (C=O) groups excluding carboxylic acids is 1. The number of hydrogen-bond donors (Lipinski definition) is 2. The van der Waals surface area contributed by atoms with Crippen LogP contribution >= 0.6 is 11.3 Å². The molecule has 0 aliphatic rings. The summed E-state index contributed by atoms with van der Waals surface area (Å²) < 4.78 is 15.9. The van der Waals surface area contributed by atoms with Crippen LogP contribution in [0.4, 0.5) is 0 Å². The Morgan fingerprint density at radius 3 is 2.23 bits per heavy atom. The Balaban J connectivity index is 1.93. The Morgan fingerprint density at radius 1 is 1.08 bits per heavy atom. The number of carboxylic acid groups (broad SMARTS) is 1. The number of carboxylic acids is 1. The molecule has 0 saturated carbocycles. The zero-order valence-electron chi connectivity index (χ0n) is 14.8. The number of aryl methyl sites for hydroxylation is 1. The Hall–Kier alpha value is -2.74. The second-order valence-electron chi connectivity index (χ2n) is 5.38. The van der Waals surface area contributed by atoms with E-state index >= 15 is 0 Å². The number of carbonyl (C=O) groups is 2. The van der Waals surface area contributed by atoms with Crippen molar-refractivity contribution in [3.05, 3.63) is 39.6 Å². The van der Waals surface area contributed by atoms with Gasteiger partial charge in [0, 0.05) is 11.3 Å². The van der Waals surface area contributed by atoms with Crippen molar-refractivity contribution < 1.29 is 28.9 Å². The maximum Gasteiger partial charge on any atom is 0.345 e. The lowest BCUT2D eigenvalue weighted by Crippen LogP contribution is -2.22. The monoisotopic (exact) mass is 379 g/mol. The molecular weight excluding hydrogens is 358 g/mol. The van der Waals surface area contributed by atoms with Gasteiger partial charge in [-0.15, -0.1) is 11.3 Å². The third-order valence-electron chi connectivity index (χ3n) is 3.70. The molecule has 1 aromatic carbocycles. The summed E-state index contributed by atoms with van der Waals surface area (Å²) in [5, 5.41) is 11.7. The lowest BCUT2D eigenvalue weighted by atomic mass is 10.1. The van der Waals surface area contributed by atoms with Gasteiger partial charge in [-0.3, -0.25) is 4.79 Å². The maximum absolute atomic E-state index is 12.1. The minimum absolute atomic E-state index is 0.121. The molecule has 0 unspecified atom stereocenters. The highest BCUT2D eigenvalue weighted by Gasteiger charge is 2.14. The van der Waals surface area contributed by atoms with Crippen LogP contribution in [0.15, 0.2) is 24.3 Å². The van der Waals surface area contributed by atoms with Gasteiger partial charge in [-0.05, 0) is 36.2 Å². The molecule has 0 radical (unpaired) electrons. The number of amides is 1. The van der Waals surface area contributed by atoms with Crippen LogP contribution in [0.3, 0.4) is 0 Å². The summed E-state index contributed by atoms with van der Waals surface area (Å²) in [4.78, 5) is 24.0. The molecule has 2 N–H and O–H groups in total. The van der Waals surface area contributed by atoms with E-state index in [-0.39, 0.29) is 17.2 Å². The average molecular weight is 379 g/mol. The number of methoxy groups -OCH3 is 3. The Labute approximate surface area is 155 Å². The van der Waals surface area contributed by atoms with E-state index in [1.54, 1.807) is 20.3 Å². The van der Waals surface area contributed by atoms with Gasteiger partial charge in [-0.25, -0.2) is 4.79 Å². The Kier molecular flexibility index (Phi) is 6.85. The smallest absolute Gasteiger partial charge is 0.345 e. The van der Waals surface area contributed by atoms with E-state index in [1.165, 1.54) is 13.2 Å². The topological polar surface area (TPSA) is 94.1 Å². The summed E-state index contributed by atoms with van der Waals surface area (Å²) in [5.74, 6) is 0.512. The van der Waals surface area contributed by atoms with Crippen LogP contribution in [0.2, 0.25) is 0 Å². The average Bonchev–Trinajstić information content (AvgIpc) is 3.13. The molecule has 8 heteroatoms. The molecule has 1 heterocycles. The van der Waals surface area contributed by atoms with E-state index in [9.17, 15) is 9.59 Å². The van der Waals surface area contributed by atoms with E-state index in [0.29, 0.717) is 30.2 Å². The fourth-order valence-electron chi connectivity index (χ4n) is 2.40. The molecule has 0 aliphatic carbocycles. The van der Waals surface area contributed by atoms with E-state index in [4.69, 9.17) is 19.3 Å². The van der Waals surface area contributed by atoms with Crippen LogP contribution in [-0.2, 0) is 17.8 Å². The van der Waals surface area contributed by atoms with Crippen molar-refractivity contribution in [3.63, 3.8) is 0 Å². The van der Waals surface area contributed by atoms with Crippen molar-refractivity contribution >= 4 is 23.2 Å². The number of ether oxygens (including phenoxy) is 3. The number of thiophene rings is 1. The standard InChI is InChI=1S/C18H21NO6S/c1-23-13-8-11(9-14(24-2)17(13)25-3)4-7-16(20)19-10-12-5-6-15(26-12)18(21)22/h5-6,8-9H,4,7,10H2,1-3H3,(H,19,20)(H,21,22). The van der Waals surface area contributed by atoms with Gasteiger partial charge < -0.3 is 24.6 Å². The van der Waals surface area contributed by atoms with E-state index in [0.717, 1.165) is 21.8 Å². The summed E-state index contributed by atoms with van der Waals surface area (Å²) >= 11 is 1.15. The van der Waals surface area contributed by atoms with Crippen LogP contribution in [0, 0.1) is 0 Å². The molecule has 1 aromatic heterocycles. The molecule has 0 bridgehead atoms. The highest BCUT2D eigenvalue weighted by atomic mass is 32.1. The first kappa shape index (κ1) is 19.6. The second kappa shape index (κ2) is 9.10. The SMILES string of the molecule is COc1cc(CCC(=O)NCc2ccc(C(=O)O)s2)cc(OC)c1OC. The molecule has 7 nitrogen and oxygen atoms in total. The molecule has 1 amide bonds. The fraction of sp³-hybridized carbons (Fsp3) is 0.333. The van der Waals surface area contributed by atoms with Gasteiger partial charge in [0.15, 0.2) is 11.5 Å². The van der Waals surface area contributed by atoms with Crippen molar-refractivity contribution in [3.8, 4) is 17.2 Å². The third-order valence-corrected chi connectivity index (χ3v) is 4.77. The van der Waals surface area contributed by atoms with Gasteiger partial charge in [0.25, 0.3) is 0 Å². The van der Waals surface area contributed by atoms with Crippen molar-refractivity contribution in [1.82, 2.24) is 5.32 Å². The van der Waals surface area contributed by atoms with Crippen LogP contribution in [0.25, 0.3) is 0 Å². The van der Waals surface area contributed by atoms with Gasteiger partial charge in [-0.2, -0.15) is 0 Å². The van der Waals surface area contributed by atoms with Crippen LogP contribution in [-0.4, -0.2) is 38.3 Å². The quantitative estimate of drug-likeness (QED) is 0.696. The lowest BCUT2D eigenvalue weighted by molar-refractivity contribution is -0.121. The van der Waals surface area contributed by atoms with Crippen molar-refractivity contribution in [2.24, 2.45) is 0 Å². The molecule has 0 saturated heterocycles. The van der Waals surface area contributed by atoms with E-state index < -0.39 is 5.97 Å². The first-order valence-electron chi connectivity index (χ1n) is 7.86. The lowest BCUT2D eigenvalue weighted by Gasteiger charge is -2.14. The number of aromatic carboxylic acids is 1. The van der Waals surface area contributed by atoms with Crippen molar-refractivity contribution in [2.75, 3.05) is 21.3 Å². The van der Waals surface area contributed by atoms with Crippen molar-refractivity contribution in [2.45, 2.75) is 19.4 Å². The van der Waals surface area contributed by atoms with E-state index in [2.05, 4.69) is 5.32 Å². The molecule has 0 atom stereocenters. The number of nitrogens with one attached hydrogen (secondary N) is 1. The highest BCUT2D eigenvalue weighted by Crippen LogP contribution is 2.38. The predicted molar refractivity (Wildman–Crippen MR) is 97.5 cm³/mol. The Bertz CT molecular complexity index is 761. The maximum atomic E-state index is 12.1. The molecule has 2 aromatic rings. The summed E-state index contributed by atoms with van der Waals surface area (Å²) in [7, 11) is 4.62. The summed E-state index contributed by atoms with van der Waals surface area (Å²) in [6, 6.07) is 6.86.